The first-order chi connectivity index (χ1) is 5.66. The highest BCUT2D eigenvalue weighted by molar-refractivity contribution is 6.55. The summed E-state index contributed by atoms with van der Waals surface area (Å²) in [4.78, 5) is 0. The van der Waals surface area contributed by atoms with Crippen molar-refractivity contribution in [3.63, 3.8) is 0 Å². The van der Waals surface area contributed by atoms with Crippen molar-refractivity contribution in [2.45, 2.75) is 0 Å². The Morgan fingerprint density at radius 1 is 1.17 bits per heavy atom. The molecule has 0 heterocycles. The smallest absolute Gasteiger partial charge is 0.0985 e. The van der Waals surface area contributed by atoms with E-state index < -0.39 is 0 Å². The maximum absolute atomic E-state index is 4.85. The molecule has 0 nitrogen and oxygen atoms in total. The lowest BCUT2D eigenvalue weighted by Crippen LogP contribution is -1.63. The summed E-state index contributed by atoms with van der Waals surface area (Å²) in [7, 11) is 0. The molecule has 0 saturated carbocycles. The quantitative estimate of drug-likeness (QED) is 0.636. The Bertz CT molecular complexity index is 235. The van der Waals surface area contributed by atoms with E-state index in [0.29, 0.717) is 0 Å². The van der Waals surface area contributed by atoms with E-state index in [1.54, 1.807) is 0 Å². The van der Waals surface area contributed by atoms with Crippen LogP contribution in [-0.2, 0) is 0 Å². The number of hydrogen-bond donors (Lipinski definition) is 0. The molecule has 0 aliphatic rings. The molecule has 0 aliphatic carbocycles. The van der Waals surface area contributed by atoms with Crippen LogP contribution < -0.4 is 0 Å². The summed E-state index contributed by atoms with van der Waals surface area (Å²) in [6.45, 7) is 6.72. The predicted molar refractivity (Wildman–Crippen MR) is 57.4 cm³/mol. The van der Waals surface area contributed by atoms with Crippen LogP contribution >= 0.6 is 23.2 Å². The molecule has 0 fully saturated rings. The van der Waals surface area contributed by atoms with Gasteiger partial charge < -0.3 is 0 Å². The third kappa shape index (κ3) is 7.39. The van der Waals surface area contributed by atoms with Crippen molar-refractivity contribution in [2.75, 3.05) is 0 Å². The summed E-state index contributed by atoms with van der Waals surface area (Å²) >= 11 is 9.69. The van der Waals surface area contributed by atoms with Crippen LogP contribution in [0, 0.1) is 0 Å². The van der Waals surface area contributed by atoms with Crippen molar-refractivity contribution in [1.29, 1.82) is 0 Å². The highest BCUT2D eigenvalue weighted by Crippen LogP contribution is 1.98. The van der Waals surface area contributed by atoms with Crippen LogP contribution in [0.4, 0.5) is 0 Å². The predicted octanol–water partition coefficient (Wildman–Crippen LogP) is 4.26. The molecular weight excluding hydrogens is 191 g/mol. The van der Waals surface area contributed by atoms with Crippen LogP contribution in [0.15, 0.2) is 48.0 Å². The van der Waals surface area contributed by atoms with Gasteiger partial charge in [-0.25, -0.2) is 0 Å². The average Bonchev–Trinajstić information content (AvgIpc) is 2.05. The van der Waals surface area contributed by atoms with Crippen LogP contribution in [0.3, 0.4) is 0 Å². The largest absolute Gasteiger partial charge is 0.0992 e. The number of halogens is 2. The second-order valence-electron chi connectivity index (χ2n) is 1.95. The van der Waals surface area contributed by atoms with Crippen LogP contribution in [0.2, 0.25) is 0 Å². The molecule has 0 N–H and O–H groups in total. The van der Waals surface area contributed by atoms with Crippen molar-refractivity contribution in [3.8, 4) is 0 Å². The van der Waals surface area contributed by atoms with Gasteiger partial charge in [-0.15, -0.1) is 0 Å². The molecule has 0 unspecified atom stereocenters. The summed E-state index contributed by atoms with van der Waals surface area (Å²) in [5, 5.41) is 0. The summed E-state index contributed by atoms with van der Waals surface area (Å²) in [6.07, 6.45) is 1.83. The van der Waals surface area contributed by atoms with Gasteiger partial charge in [0.2, 0.25) is 0 Å². The van der Waals surface area contributed by atoms with Gasteiger partial charge in [-0.3, -0.25) is 0 Å². The van der Waals surface area contributed by atoms with Gasteiger partial charge >= 0.3 is 0 Å². The van der Waals surface area contributed by atoms with E-state index >= 15 is 0 Å². The van der Waals surface area contributed by atoms with E-state index in [9.17, 15) is 0 Å². The highest BCUT2D eigenvalue weighted by atomic mass is 35.5. The Balaban J connectivity index is 0.000000261. The summed E-state index contributed by atoms with van der Waals surface area (Å²) in [5.41, 5.74) is 1.17. The van der Waals surface area contributed by atoms with Gasteiger partial charge in [-0.1, -0.05) is 72.8 Å². The van der Waals surface area contributed by atoms with Crippen LogP contribution in [0.1, 0.15) is 5.56 Å². The second kappa shape index (κ2) is 6.96. The molecule has 0 atom stereocenters. The number of rotatable bonds is 1. The first kappa shape index (κ1) is 11.3. The molecule has 1 aromatic rings. The molecule has 64 valence electrons. The van der Waals surface area contributed by atoms with Crippen molar-refractivity contribution in [3.05, 3.63) is 53.5 Å². The van der Waals surface area contributed by atoms with Crippen LogP contribution in [0.5, 0.6) is 0 Å². The van der Waals surface area contributed by atoms with Gasteiger partial charge in [0.15, 0.2) is 0 Å². The molecule has 1 rings (SSSR count). The molecule has 12 heavy (non-hydrogen) atoms. The highest BCUT2D eigenvalue weighted by Gasteiger charge is 1.75. The van der Waals surface area contributed by atoms with E-state index in [0.717, 1.165) is 0 Å². The zero-order valence-electron chi connectivity index (χ0n) is 6.63. The molecule has 0 radical (unpaired) electrons. The molecule has 2 heteroatoms. The molecule has 1 aromatic carbocycles. The lowest BCUT2D eigenvalue weighted by molar-refractivity contribution is 1.67. The van der Waals surface area contributed by atoms with E-state index in [1.165, 1.54) is 5.56 Å². The molecule has 0 saturated heterocycles. The molecule has 0 amide bonds. The van der Waals surface area contributed by atoms with Crippen molar-refractivity contribution in [2.24, 2.45) is 0 Å². The van der Waals surface area contributed by atoms with Gasteiger partial charge in [0.05, 0.1) is 4.49 Å². The summed E-state index contributed by atoms with van der Waals surface area (Å²) in [6, 6.07) is 10.0. The zero-order chi connectivity index (χ0) is 9.40. The Labute approximate surface area is 83.1 Å². The maximum Gasteiger partial charge on any atom is 0.0992 e. The van der Waals surface area contributed by atoms with E-state index in [1.807, 2.05) is 36.4 Å². The van der Waals surface area contributed by atoms with Crippen molar-refractivity contribution in [1.82, 2.24) is 0 Å². The van der Waals surface area contributed by atoms with Gasteiger partial charge in [0.1, 0.15) is 0 Å². The number of hydrogen-bond acceptors (Lipinski definition) is 0. The SMILES string of the molecule is C=C(Cl)Cl.C=Cc1ccccc1. The first-order valence-electron chi connectivity index (χ1n) is 3.34. The van der Waals surface area contributed by atoms with Crippen molar-refractivity contribution < 1.29 is 0 Å². The normalized spacial score (nSPS) is 7.83. The minimum Gasteiger partial charge on any atom is -0.0985 e. The molecule has 0 bridgehead atoms. The summed E-state index contributed by atoms with van der Waals surface area (Å²) < 4.78 is 0.111. The minimum atomic E-state index is 0.111. The van der Waals surface area contributed by atoms with Gasteiger partial charge in [-0.05, 0) is 5.56 Å². The molecule has 0 aromatic heterocycles. The number of benzene rings is 1. The Kier molecular flexibility index (Phi) is 6.54. The van der Waals surface area contributed by atoms with Gasteiger partial charge in [-0.2, -0.15) is 0 Å². The molecular formula is C10H10Cl2. The maximum atomic E-state index is 4.85. The standard InChI is InChI=1S/C8H8.C2H2Cl2/c1-2-8-6-4-3-5-7-8;1-2(3)4/h2-7H,1H2;1H2. The third-order valence-corrected chi connectivity index (χ3v) is 1.04. The molecule has 0 aliphatic heterocycles. The lowest BCUT2D eigenvalue weighted by atomic mass is 10.2. The van der Waals surface area contributed by atoms with Crippen molar-refractivity contribution >= 4 is 29.3 Å². The van der Waals surface area contributed by atoms with Crippen LogP contribution in [0.25, 0.3) is 6.08 Å². The Morgan fingerprint density at radius 3 is 1.83 bits per heavy atom. The average molecular weight is 201 g/mol. The fourth-order valence-corrected chi connectivity index (χ4v) is 0.589. The fourth-order valence-electron chi connectivity index (χ4n) is 0.589. The van der Waals surface area contributed by atoms with Gasteiger partial charge in [0.25, 0.3) is 0 Å². The second-order valence-corrected chi connectivity index (χ2v) is 3.06. The molecule has 0 spiro atoms. The minimum absolute atomic E-state index is 0.111. The van der Waals surface area contributed by atoms with Crippen LogP contribution in [-0.4, -0.2) is 0 Å². The topological polar surface area (TPSA) is 0 Å². The first-order valence-corrected chi connectivity index (χ1v) is 4.10. The fraction of sp³-hybridized carbons (Fsp3) is 0. The van der Waals surface area contributed by atoms with E-state index in [2.05, 4.69) is 13.2 Å². The van der Waals surface area contributed by atoms with Gasteiger partial charge in [0, 0.05) is 0 Å². The van der Waals surface area contributed by atoms with E-state index in [4.69, 9.17) is 23.2 Å². The third-order valence-electron chi connectivity index (χ3n) is 1.04. The summed E-state index contributed by atoms with van der Waals surface area (Å²) in [5.74, 6) is 0. The monoisotopic (exact) mass is 200 g/mol. The van der Waals surface area contributed by atoms with E-state index in [-0.39, 0.29) is 4.49 Å². The lowest BCUT2D eigenvalue weighted by Gasteiger charge is -1.85. The Morgan fingerprint density at radius 2 is 1.58 bits per heavy atom. The zero-order valence-corrected chi connectivity index (χ0v) is 8.15. The Hall–Kier alpha value is -0.720.